The molecule has 1 aromatic carbocycles. The van der Waals surface area contributed by atoms with E-state index in [9.17, 15) is 13.2 Å². The molecule has 0 saturated heterocycles. The summed E-state index contributed by atoms with van der Waals surface area (Å²) in [6, 6.07) is 6.36. The zero-order chi connectivity index (χ0) is 12.3. The quantitative estimate of drug-likeness (QED) is 0.636. The van der Waals surface area contributed by atoms with Crippen LogP contribution in [-0.2, 0) is 9.84 Å². The predicted molar refractivity (Wildman–Crippen MR) is 64.1 cm³/mol. The molecule has 1 aromatic rings. The normalized spacial score (nSPS) is 13.4. The number of hydrogen-bond acceptors (Lipinski definition) is 4. The van der Waals surface area contributed by atoms with Crippen molar-refractivity contribution in [3.05, 3.63) is 29.8 Å². The summed E-state index contributed by atoms with van der Waals surface area (Å²) in [7, 11) is -3.37. The number of carbonyl (C=O) groups is 1. The Labute approximate surface area is 95.4 Å². The molecular formula is C11H15NO3S. The van der Waals surface area contributed by atoms with Crippen molar-refractivity contribution in [3.8, 4) is 0 Å². The lowest BCUT2D eigenvalue weighted by atomic mass is 10.1. The van der Waals surface area contributed by atoms with Crippen LogP contribution in [-0.4, -0.2) is 25.7 Å². The minimum atomic E-state index is -3.37. The first-order valence-electron chi connectivity index (χ1n) is 4.95. The van der Waals surface area contributed by atoms with Crippen LogP contribution in [0.3, 0.4) is 0 Å². The van der Waals surface area contributed by atoms with E-state index in [0.717, 1.165) is 6.26 Å². The highest BCUT2D eigenvalue weighted by atomic mass is 32.2. The highest BCUT2D eigenvalue weighted by Crippen LogP contribution is 2.15. The molecule has 0 unspecified atom stereocenters. The SMILES string of the molecule is CC[C@H](C(=O)c1cccc(N)c1)S(C)(=O)=O. The van der Waals surface area contributed by atoms with Crippen molar-refractivity contribution < 1.29 is 13.2 Å². The Morgan fingerprint density at radius 2 is 2.06 bits per heavy atom. The predicted octanol–water partition coefficient (Wildman–Crippen LogP) is 1.27. The van der Waals surface area contributed by atoms with Crippen LogP contribution in [0.1, 0.15) is 23.7 Å². The third-order valence-electron chi connectivity index (χ3n) is 2.35. The van der Waals surface area contributed by atoms with Gasteiger partial charge >= 0.3 is 0 Å². The molecule has 0 fully saturated rings. The van der Waals surface area contributed by atoms with E-state index in [1.807, 2.05) is 0 Å². The van der Waals surface area contributed by atoms with Gasteiger partial charge in [0, 0.05) is 17.5 Å². The number of nitrogens with two attached hydrogens (primary N) is 1. The van der Waals surface area contributed by atoms with E-state index in [0.29, 0.717) is 11.3 Å². The average molecular weight is 241 g/mol. The summed E-state index contributed by atoms with van der Waals surface area (Å²) >= 11 is 0. The van der Waals surface area contributed by atoms with Crippen molar-refractivity contribution in [1.82, 2.24) is 0 Å². The molecule has 0 aliphatic heterocycles. The van der Waals surface area contributed by atoms with E-state index in [2.05, 4.69) is 0 Å². The topological polar surface area (TPSA) is 77.2 Å². The number of benzene rings is 1. The second kappa shape index (κ2) is 4.65. The van der Waals surface area contributed by atoms with E-state index in [1.54, 1.807) is 25.1 Å². The van der Waals surface area contributed by atoms with Gasteiger partial charge in [-0.2, -0.15) is 0 Å². The van der Waals surface area contributed by atoms with Gasteiger partial charge in [-0.25, -0.2) is 8.42 Å². The average Bonchev–Trinajstić information content (AvgIpc) is 2.16. The summed E-state index contributed by atoms with van der Waals surface area (Å²) in [6.07, 6.45) is 1.35. The highest BCUT2D eigenvalue weighted by molar-refractivity contribution is 7.92. The van der Waals surface area contributed by atoms with Crippen molar-refractivity contribution in [2.45, 2.75) is 18.6 Å². The van der Waals surface area contributed by atoms with Crippen molar-refractivity contribution in [3.63, 3.8) is 0 Å². The molecule has 0 amide bonds. The Morgan fingerprint density at radius 3 is 2.50 bits per heavy atom. The molecule has 0 spiro atoms. The van der Waals surface area contributed by atoms with E-state index < -0.39 is 20.9 Å². The summed E-state index contributed by atoms with van der Waals surface area (Å²) in [5.74, 6) is -0.391. The maximum absolute atomic E-state index is 11.9. The van der Waals surface area contributed by atoms with Gasteiger partial charge in [0.2, 0.25) is 0 Å². The minimum Gasteiger partial charge on any atom is -0.399 e. The van der Waals surface area contributed by atoms with E-state index in [-0.39, 0.29) is 6.42 Å². The zero-order valence-corrected chi connectivity index (χ0v) is 10.1. The Balaban J connectivity index is 3.11. The summed E-state index contributed by atoms with van der Waals surface area (Å²) < 4.78 is 22.8. The minimum absolute atomic E-state index is 0.270. The first-order chi connectivity index (χ1) is 7.36. The van der Waals surface area contributed by atoms with Crippen molar-refractivity contribution in [2.75, 3.05) is 12.0 Å². The first kappa shape index (κ1) is 12.7. The fourth-order valence-electron chi connectivity index (χ4n) is 1.56. The molecule has 0 aliphatic carbocycles. The molecule has 0 heterocycles. The largest absolute Gasteiger partial charge is 0.399 e. The molecule has 0 bridgehead atoms. The van der Waals surface area contributed by atoms with Crippen LogP contribution >= 0.6 is 0 Å². The van der Waals surface area contributed by atoms with Crippen LogP contribution in [0.4, 0.5) is 5.69 Å². The lowest BCUT2D eigenvalue weighted by Crippen LogP contribution is -2.28. The number of hydrogen-bond donors (Lipinski definition) is 1. The third-order valence-corrected chi connectivity index (χ3v) is 3.93. The molecule has 0 aliphatic rings. The number of anilines is 1. The van der Waals surface area contributed by atoms with E-state index in [4.69, 9.17) is 5.73 Å². The molecule has 1 rings (SSSR count). The summed E-state index contributed by atoms with van der Waals surface area (Å²) in [4.78, 5) is 11.9. The molecule has 0 saturated carbocycles. The second-order valence-corrected chi connectivity index (χ2v) is 5.94. The molecular weight excluding hydrogens is 226 g/mol. The Kier molecular flexibility index (Phi) is 3.70. The first-order valence-corrected chi connectivity index (χ1v) is 6.90. The number of rotatable bonds is 4. The van der Waals surface area contributed by atoms with Crippen molar-refractivity contribution >= 4 is 21.3 Å². The van der Waals surface area contributed by atoms with Gasteiger partial charge < -0.3 is 5.73 Å². The highest BCUT2D eigenvalue weighted by Gasteiger charge is 2.27. The molecule has 2 N–H and O–H groups in total. The Morgan fingerprint density at radius 1 is 1.44 bits per heavy atom. The number of ketones is 1. The van der Waals surface area contributed by atoms with Crippen LogP contribution in [0, 0.1) is 0 Å². The second-order valence-electron chi connectivity index (χ2n) is 3.72. The van der Waals surface area contributed by atoms with E-state index in [1.165, 1.54) is 6.07 Å². The van der Waals surface area contributed by atoms with Gasteiger partial charge in [-0.3, -0.25) is 4.79 Å². The van der Waals surface area contributed by atoms with Gasteiger partial charge in [-0.1, -0.05) is 19.1 Å². The summed E-state index contributed by atoms with van der Waals surface area (Å²) in [5.41, 5.74) is 6.34. The van der Waals surface area contributed by atoms with Gasteiger partial charge in [-0.15, -0.1) is 0 Å². The Hall–Kier alpha value is -1.36. The number of sulfone groups is 1. The molecule has 5 heteroatoms. The smallest absolute Gasteiger partial charge is 0.181 e. The van der Waals surface area contributed by atoms with Gasteiger partial charge in [-0.05, 0) is 18.6 Å². The lowest BCUT2D eigenvalue weighted by Gasteiger charge is -2.11. The van der Waals surface area contributed by atoms with Gasteiger partial charge in [0.05, 0.1) is 0 Å². The molecule has 0 aromatic heterocycles. The number of nitrogen functional groups attached to an aromatic ring is 1. The maximum atomic E-state index is 11.9. The standard InChI is InChI=1S/C11H15NO3S/c1-3-10(16(2,14)15)11(13)8-5-4-6-9(12)7-8/h4-7,10H,3,12H2,1-2H3/t10-/m1/s1. The van der Waals surface area contributed by atoms with Crippen LogP contribution in [0.25, 0.3) is 0 Å². The number of carbonyl (C=O) groups excluding carboxylic acids is 1. The maximum Gasteiger partial charge on any atom is 0.181 e. The molecule has 16 heavy (non-hydrogen) atoms. The number of Topliss-reactive ketones (excluding diaryl/α,β-unsaturated/α-hetero) is 1. The van der Waals surface area contributed by atoms with E-state index >= 15 is 0 Å². The third kappa shape index (κ3) is 2.82. The van der Waals surface area contributed by atoms with Gasteiger partial charge in [0.1, 0.15) is 5.25 Å². The molecule has 4 nitrogen and oxygen atoms in total. The molecule has 1 atom stereocenters. The van der Waals surface area contributed by atoms with Gasteiger partial charge in [0.15, 0.2) is 15.6 Å². The fourth-order valence-corrected chi connectivity index (χ4v) is 2.69. The van der Waals surface area contributed by atoms with Crippen molar-refractivity contribution in [2.24, 2.45) is 0 Å². The fraction of sp³-hybridized carbons (Fsp3) is 0.364. The van der Waals surface area contributed by atoms with Crippen LogP contribution < -0.4 is 5.73 Å². The zero-order valence-electron chi connectivity index (χ0n) is 9.30. The Bertz CT molecular complexity index is 494. The van der Waals surface area contributed by atoms with Crippen LogP contribution in [0.15, 0.2) is 24.3 Å². The lowest BCUT2D eigenvalue weighted by molar-refractivity contribution is 0.0985. The van der Waals surface area contributed by atoms with Crippen LogP contribution in [0.2, 0.25) is 0 Å². The summed E-state index contributed by atoms with van der Waals surface area (Å²) in [5, 5.41) is -0.978. The van der Waals surface area contributed by atoms with Crippen molar-refractivity contribution in [1.29, 1.82) is 0 Å². The van der Waals surface area contributed by atoms with Gasteiger partial charge in [0.25, 0.3) is 0 Å². The molecule has 0 radical (unpaired) electrons. The summed E-state index contributed by atoms with van der Waals surface area (Å²) in [6.45, 7) is 1.68. The molecule has 88 valence electrons. The van der Waals surface area contributed by atoms with Crippen LogP contribution in [0.5, 0.6) is 0 Å². The monoisotopic (exact) mass is 241 g/mol.